The van der Waals surface area contributed by atoms with Gasteiger partial charge in [-0.25, -0.2) is 8.78 Å². The average Bonchev–Trinajstić information content (AvgIpc) is 2.47. The number of ether oxygens (including phenoxy) is 1. The van der Waals surface area contributed by atoms with Crippen LogP contribution in [0.15, 0.2) is 12.1 Å². The zero-order valence-electron chi connectivity index (χ0n) is 12.0. The lowest BCUT2D eigenvalue weighted by molar-refractivity contribution is -0.0573. The van der Waals surface area contributed by atoms with Gasteiger partial charge < -0.3 is 9.84 Å². The Balaban J connectivity index is 2.23. The molecular weight excluding hydrogens is 262 g/mol. The lowest BCUT2D eigenvalue weighted by Crippen LogP contribution is -2.32. The molecule has 0 aliphatic heterocycles. The topological polar surface area (TPSA) is 29.5 Å². The first kappa shape index (κ1) is 15.4. The number of rotatable bonds is 4. The normalized spacial score (nSPS) is 19.9. The first-order chi connectivity index (χ1) is 9.56. The highest BCUT2D eigenvalue weighted by Crippen LogP contribution is 2.35. The fourth-order valence-electron chi connectivity index (χ4n) is 3.11. The third-order valence-corrected chi connectivity index (χ3v) is 4.32. The maximum atomic E-state index is 14.0. The molecule has 0 radical (unpaired) electrons. The van der Waals surface area contributed by atoms with Crippen molar-refractivity contribution in [1.29, 1.82) is 0 Å². The third kappa shape index (κ3) is 3.01. The van der Waals surface area contributed by atoms with Gasteiger partial charge in [0.05, 0.1) is 6.10 Å². The van der Waals surface area contributed by atoms with Crippen LogP contribution < -0.4 is 0 Å². The van der Waals surface area contributed by atoms with Crippen molar-refractivity contribution in [3.8, 4) is 0 Å². The second kappa shape index (κ2) is 6.64. The molecule has 0 bridgehead atoms. The molecule has 1 aliphatic rings. The number of aliphatic hydroxyl groups excluding tert-OH is 1. The molecule has 2 rings (SSSR count). The Morgan fingerprint density at radius 1 is 1.15 bits per heavy atom. The fourth-order valence-corrected chi connectivity index (χ4v) is 3.11. The van der Waals surface area contributed by atoms with Gasteiger partial charge in [-0.05, 0) is 31.2 Å². The monoisotopic (exact) mass is 284 g/mol. The molecule has 1 N–H and O–H groups in total. The molecule has 0 aromatic heterocycles. The number of benzene rings is 1. The molecule has 112 valence electrons. The number of aryl methyl sites for hydroxylation is 1. The molecule has 20 heavy (non-hydrogen) atoms. The second-order valence-corrected chi connectivity index (χ2v) is 5.64. The number of methoxy groups -OCH3 is 1. The van der Waals surface area contributed by atoms with E-state index in [9.17, 15) is 13.9 Å². The summed E-state index contributed by atoms with van der Waals surface area (Å²) in [6.45, 7) is 1.50. The van der Waals surface area contributed by atoms with Crippen LogP contribution in [0.5, 0.6) is 0 Å². The quantitative estimate of drug-likeness (QED) is 0.908. The predicted octanol–water partition coefficient (Wildman–Crippen LogP) is 3.90. The minimum absolute atomic E-state index is 0.00877. The van der Waals surface area contributed by atoms with Crippen molar-refractivity contribution in [3.05, 3.63) is 34.9 Å². The van der Waals surface area contributed by atoms with Gasteiger partial charge in [0.25, 0.3) is 0 Å². The van der Waals surface area contributed by atoms with E-state index >= 15 is 0 Å². The van der Waals surface area contributed by atoms with Crippen LogP contribution in [0.3, 0.4) is 0 Å². The summed E-state index contributed by atoms with van der Waals surface area (Å²) in [5, 5.41) is 10.4. The predicted molar refractivity (Wildman–Crippen MR) is 73.4 cm³/mol. The van der Waals surface area contributed by atoms with Crippen molar-refractivity contribution in [2.24, 2.45) is 5.92 Å². The van der Waals surface area contributed by atoms with E-state index in [0.29, 0.717) is 0 Å². The Morgan fingerprint density at radius 3 is 2.40 bits per heavy atom. The zero-order valence-corrected chi connectivity index (χ0v) is 12.0. The number of aliphatic hydroxyl groups is 1. The Labute approximate surface area is 118 Å². The molecule has 1 fully saturated rings. The van der Waals surface area contributed by atoms with Gasteiger partial charge in [-0.2, -0.15) is 0 Å². The first-order valence-corrected chi connectivity index (χ1v) is 7.21. The molecule has 0 heterocycles. The van der Waals surface area contributed by atoms with Gasteiger partial charge in [0, 0.05) is 12.7 Å². The molecule has 2 atom stereocenters. The molecule has 0 amide bonds. The van der Waals surface area contributed by atoms with Gasteiger partial charge in [-0.3, -0.25) is 0 Å². The molecular formula is C16H22F2O2. The Kier molecular flexibility index (Phi) is 5.11. The Morgan fingerprint density at radius 2 is 1.80 bits per heavy atom. The molecule has 2 unspecified atom stereocenters. The van der Waals surface area contributed by atoms with Crippen LogP contribution in [0.25, 0.3) is 0 Å². The van der Waals surface area contributed by atoms with Crippen LogP contribution in [0, 0.1) is 24.5 Å². The van der Waals surface area contributed by atoms with Crippen molar-refractivity contribution in [2.45, 2.75) is 51.2 Å². The summed E-state index contributed by atoms with van der Waals surface area (Å²) in [7, 11) is 1.52. The lowest BCUT2D eigenvalue weighted by Gasteiger charge is -2.32. The molecule has 1 aliphatic carbocycles. The van der Waals surface area contributed by atoms with Crippen molar-refractivity contribution in [3.63, 3.8) is 0 Å². The fraction of sp³-hybridized carbons (Fsp3) is 0.625. The van der Waals surface area contributed by atoms with Gasteiger partial charge in [0.1, 0.15) is 6.10 Å². The van der Waals surface area contributed by atoms with E-state index < -0.39 is 23.8 Å². The van der Waals surface area contributed by atoms with Crippen LogP contribution in [-0.4, -0.2) is 18.3 Å². The minimum atomic E-state index is -1.13. The Bertz CT molecular complexity index is 456. The van der Waals surface area contributed by atoms with E-state index in [4.69, 9.17) is 4.74 Å². The summed E-state index contributed by atoms with van der Waals surface area (Å²) in [5.41, 5.74) is 0.232. The van der Waals surface area contributed by atoms with Gasteiger partial charge in [0.2, 0.25) is 0 Å². The zero-order chi connectivity index (χ0) is 14.7. The standard InChI is InChI=1S/C16H22F2O2/c1-10-8-9-12(14(18)13(10)17)15(19)16(20-2)11-6-4-3-5-7-11/h8-9,11,15-16,19H,3-7H2,1-2H3. The summed E-state index contributed by atoms with van der Waals surface area (Å²) in [6.07, 6.45) is 3.71. The van der Waals surface area contributed by atoms with Crippen molar-refractivity contribution < 1.29 is 18.6 Å². The van der Waals surface area contributed by atoms with Gasteiger partial charge in [0.15, 0.2) is 11.6 Å². The molecule has 2 nitrogen and oxygen atoms in total. The van der Waals surface area contributed by atoms with Gasteiger partial charge in [-0.1, -0.05) is 31.4 Å². The summed E-state index contributed by atoms with van der Waals surface area (Å²) < 4.78 is 33.0. The maximum absolute atomic E-state index is 14.0. The van der Waals surface area contributed by atoms with Crippen LogP contribution in [0.2, 0.25) is 0 Å². The highest BCUT2D eigenvalue weighted by molar-refractivity contribution is 5.27. The van der Waals surface area contributed by atoms with E-state index in [1.165, 1.54) is 32.6 Å². The van der Waals surface area contributed by atoms with Crippen LogP contribution >= 0.6 is 0 Å². The highest BCUT2D eigenvalue weighted by Gasteiger charge is 2.32. The second-order valence-electron chi connectivity index (χ2n) is 5.64. The molecule has 1 aromatic carbocycles. The van der Waals surface area contributed by atoms with E-state index in [2.05, 4.69) is 0 Å². The number of hydrogen-bond donors (Lipinski definition) is 1. The van der Waals surface area contributed by atoms with Crippen molar-refractivity contribution >= 4 is 0 Å². The van der Waals surface area contributed by atoms with Gasteiger partial charge >= 0.3 is 0 Å². The summed E-state index contributed by atoms with van der Waals surface area (Å²) >= 11 is 0. The van der Waals surface area contributed by atoms with Gasteiger partial charge in [-0.15, -0.1) is 0 Å². The first-order valence-electron chi connectivity index (χ1n) is 7.21. The van der Waals surface area contributed by atoms with Crippen molar-refractivity contribution in [1.82, 2.24) is 0 Å². The van der Waals surface area contributed by atoms with E-state index in [-0.39, 0.29) is 17.0 Å². The van der Waals surface area contributed by atoms with Crippen molar-refractivity contribution in [2.75, 3.05) is 7.11 Å². The number of halogens is 2. The van der Waals surface area contributed by atoms with Crippen LogP contribution in [0.4, 0.5) is 8.78 Å². The van der Waals surface area contributed by atoms with E-state index in [1.807, 2.05) is 0 Å². The molecule has 0 saturated heterocycles. The molecule has 0 spiro atoms. The highest BCUT2D eigenvalue weighted by atomic mass is 19.2. The maximum Gasteiger partial charge on any atom is 0.164 e. The lowest BCUT2D eigenvalue weighted by atomic mass is 9.81. The van der Waals surface area contributed by atoms with E-state index in [0.717, 1.165) is 25.7 Å². The van der Waals surface area contributed by atoms with Crippen LogP contribution in [-0.2, 0) is 4.74 Å². The molecule has 1 saturated carbocycles. The Hall–Kier alpha value is -1.00. The molecule has 4 heteroatoms. The minimum Gasteiger partial charge on any atom is -0.386 e. The molecule has 1 aromatic rings. The largest absolute Gasteiger partial charge is 0.386 e. The summed E-state index contributed by atoms with van der Waals surface area (Å²) in [5.74, 6) is -1.65. The van der Waals surface area contributed by atoms with Crippen LogP contribution in [0.1, 0.15) is 49.3 Å². The summed E-state index contributed by atoms with van der Waals surface area (Å²) in [4.78, 5) is 0. The smallest absolute Gasteiger partial charge is 0.164 e. The SMILES string of the molecule is COC(C1CCCCC1)C(O)c1ccc(C)c(F)c1F. The average molecular weight is 284 g/mol. The number of hydrogen-bond acceptors (Lipinski definition) is 2. The summed E-state index contributed by atoms with van der Waals surface area (Å²) in [6, 6.07) is 2.94. The van der Waals surface area contributed by atoms with E-state index in [1.54, 1.807) is 0 Å². The third-order valence-electron chi connectivity index (χ3n) is 4.32.